The zero-order valence-electron chi connectivity index (χ0n) is 13.7. The number of morpholine rings is 1. The molecule has 2 amide bonds. The van der Waals surface area contributed by atoms with Gasteiger partial charge in [0.15, 0.2) is 0 Å². The number of hydrogen-bond donors (Lipinski definition) is 1. The van der Waals surface area contributed by atoms with Crippen LogP contribution in [0.2, 0.25) is 5.02 Å². The average Bonchev–Trinajstić information content (AvgIpc) is 2.62. The number of hydrogen-bond acceptors (Lipinski definition) is 3. The van der Waals surface area contributed by atoms with Crippen molar-refractivity contribution >= 4 is 34.8 Å². The van der Waals surface area contributed by atoms with Gasteiger partial charge >= 0.3 is 0 Å². The molecule has 2 aromatic carbocycles. The zero-order valence-corrected chi connectivity index (χ0v) is 14.5. The van der Waals surface area contributed by atoms with Crippen molar-refractivity contribution in [1.29, 1.82) is 0 Å². The predicted molar refractivity (Wildman–Crippen MR) is 98.0 cm³/mol. The highest BCUT2D eigenvalue weighted by Gasteiger charge is 2.19. The van der Waals surface area contributed by atoms with Crippen molar-refractivity contribution in [2.75, 3.05) is 30.0 Å². The van der Waals surface area contributed by atoms with Gasteiger partial charge < -0.3 is 15.0 Å². The van der Waals surface area contributed by atoms with Crippen LogP contribution in [0.25, 0.3) is 0 Å². The molecular weight excluding hydrogens is 340 g/mol. The van der Waals surface area contributed by atoms with E-state index >= 15 is 0 Å². The summed E-state index contributed by atoms with van der Waals surface area (Å²) in [5, 5.41) is 3.54. The van der Waals surface area contributed by atoms with Crippen LogP contribution in [0.1, 0.15) is 12.0 Å². The Labute approximate surface area is 151 Å². The second kappa shape index (κ2) is 8.14. The summed E-state index contributed by atoms with van der Waals surface area (Å²) in [4.78, 5) is 25.6. The molecule has 1 fully saturated rings. The van der Waals surface area contributed by atoms with Gasteiger partial charge in [0.1, 0.15) is 6.61 Å². The number of rotatable bonds is 5. The van der Waals surface area contributed by atoms with E-state index in [4.69, 9.17) is 16.3 Å². The van der Waals surface area contributed by atoms with Crippen LogP contribution in [0.4, 0.5) is 11.4 Å². The van der Waals surface area contributed by atoms with Crippen molar-refractivity contribution in [2.24, 2.45) is 0 Å². The van der Waals surface area contributed by atoms with Crippen molar-refractivity contribution in [2.45, 2.75) is 12.8 Å². The van der Waals surface area contributed by atoms with Crippen LogP contribution >= 0.6 is 11.6 Å². The fourth-order valence-electron chi connectivity index (χ4n) is 2.69. The Hall–Kier alpha value is -2.37. The van der Waals surface area contributed by atoms with E-state index in [1.54, 1.807) is 17.0 Å². The minimum atomic E-state index is -0.0740. The van der Waals surface area contributed by atoms with Crippen molar-refractivity contribution in [3.63, 3.8) is 0 Å². The Morgan fingerprint density at radius 1 is 1.16 bits per heavy atom. The molecule has 1 aliphatic heterocycles. The summed E-state index contributed by atoms with van der Waals surface area (Å²) in [5.74, 6) is -0.127. The largest absolute Gasteiger partial charge is 0.370 e. The van der Waals surface area contributed by atoms with Gasteiger partial charge in [0, 0.05) is 29.4 Å². The highest BCUT2D eigenvalue weighted by Crippen LogP contribution is 2.20. The standard InChI is InChI=1S/C19H19ClN2O3/c20-17-4-2-1-3-14(17)5-10-18(23)21-15-6-8-16(9-7-15)22-11-12-25-13-19(22)24/h1-4,6-9H,5,10-13H2,(H,21,23). The molecular formula is C19H19ClN2O3. The molecule has 2 aromatic rings. The van der Waals surface area contributed by atoms with Gasteiger partial charge in [0.05, 0.1) is 6.61 Å². The fraction of sp³-hybridized carbons (Fsp3) is 0.263. The van der Waals surface area contributed by atoms with Gasteiger partial charge in [-0.05, 0) is 42.3 Å². The molecule has 0 unspecified atom stereocenters. The summed E-state index contributed by atoms with van der Waals surface area (Å²) in [6.07, 6.45) is 0.944. The summed E-state index contributed by atoms with van der Waals surface area (Å²) < 4.78 is 5.12. The molecule has 0 aliphatic carbocycles. The van der Waals surface area contributed by atoms with E-state index in [1.165, 1.54) is 0 Å². The van der Waals surface area contributed by atoms with Gasteiger partial charge in [0.2, 0.25) is 5.91 Å². The molecule has 0 saturated carbocycles. The van der Waals surface area contributed by atoms with E-state index in [0.717, 1.165) is 11.3 Å². The molecule has 1 aliphatic rings. The third-order valence-corrected chi connectivity index (χ3v) is 4.40. The maximum Gasteiger partial charge on any atom is 0.253 e. The van der Waals surface area contributed by atoms with E-state index in [2.05, 4.69) is 5.32 Å². The Morgan fingerprint density at radius 2 is 1.92 bits per heavy atom. The van der Waals surface area contributed by atoms with Crippen molar-refractivity contribution in [3.05, 3.63) is 59.1 Å². The number of aryl methyl sites for hydroxylation is 1. The molecule has 130 valence electrons. The van der Waals surface area contributed by atoms with E-state index in [-0.39, 0.29) is 18.4 Å². The predicted octanol–water partition coefficient (Wildman–Crippen LogP) is 3.27. The maximum absolute atomic E-state index is 12.1. The third-order valence-electron chi connectivity index (χ3n) is 4.03. The molecule has 25 heavy (non-hydrogen) atoms. The molecule has 0 atom stereocenters. The van der Waals surface area contributed by atoms with Crippen LogP contribution in [0, 0.1) is 0 Å². The Balaban J connectivity index is 1.55. The van der Waals surface area contributed by atoms with Crippen LogP contribution in [-0.2, 0) is 20.7 Å². The lowest BCUT2D eigenvalue weighted by molar-refractivity contribution is -0.125. The summed E-state index contributed by atoms with van der Waals surface area (Å²) >= 11 is 6.10. The lowest BCUT2D eigenvalue weighted by Crippen LogP contribution is -2.41. The Kier molecular flexibility index (Phi) is 5.68. The number of benzene rings is 2. The fourth-order valence-corrected chi connectivity index (χ4v) is 2.92. The van der Waals surface area contributed by atoms with E-state index in [9.17, 15) is 9.59 Å². The SMILES string of the molecule is O=C(CCc1ccccc1Cl)Nc1ccc(N2CCOCC2=O)cc1. The highest BCUT2D eigenvalue weighted by atomic mass is 35.5. The van der Waals surface area contributed by atoms with Gasteiger partial charge in [-0.3, -0.25) is 9.59 Å². The first kappa shape index (κ1) is 17.5. The first-order valence-corrected chi connectivity index (χ1v) is 8.53. The molecule has 0 radical (unpaired) electrons. The number of ether oxygens (including phenoxy) is 1. The third kappa shape index (κ3) is 4.59. The average molecular weight is 359 g/mol. The molecule has 0 spiro atoms. The zero-order chi connectivity index (χ0) is 17.6. The Bertz CT molecular complexity index is 762. The second-order valence-electron chi connectivity index (χ2n) is 5.78. The first-order valence-electron chi connectivity index (χ1n) is 8.15. The van der Waals surface area contributed by atoms with Crippen LogP contribution < -0.4 is 10.2 Å². The molecule has 0 bridgehead atoms. The number of carbonyl (C=O) groups excluding carboxylic acids is 2. The number of nitrogens with zero attached hydrogens (tertiary/aromatic N) is 1. The molecule has 1 saturated heterocycles. The molecule has 6 heteroatoms. The number of carbonyl (C=O) groups is 2. The van der Waals surface area contributed by atoms with E-state index in [1.807, 2.05) is 36.4 Å². The van der Waals surface area contributed by atoms with Crippen LogP contribution in [0.15, 0.2) is 48.5 Å². The van der Waals surface area contributed by atoms with Gasteiger partial charge in [0.25, 0.3) is 5.91 Å². The summed E-state index contributed by atoms with van der Waals surface area (Å²) in [6, 6.07) is 14.8. The van der Waals surface area contributed by atoms with Crippen molar-refractivity contribution < 1.29 is 14.3 Å². The highest BCUT2D eigenvalue weighted by molar-refractivity contribution is 6.31. The smallest absolute Gasteiger partial charge is 0.253 e. The van der Waals surface area contributed by atoms with Gasteiger partial charge in [-0.25, -0.2) is 0 Å². The molecule has 3 rings (SSSR count). The van der Waals surface area contributed by atoms with E-state index < -0.39 is 0 Å². The van der Waals surface area contributed by atoms with Gasteiger partial charge in [-0.15, -0.1) is 0 Å². The van der Waals surface area contributed by atoms with Crippen molar-refractivity contribution in [3.8, 4) is 0 Å². The number of halogens is 1. The molecule has 1 heterocycles. The summed E-state index contributed by atoms with van der Waals surface area (Å²) in [5.41, 5.74) is 2.47. The maximum atomic E-state index is 12.1. The normalized spacial score (nSPS) is 14.4. The van der Waals surface area contributed by atoms with Crippen molar-refractivity contribution in [1.82, 2.24) is 0 Å². The van der Waals surface area contributed by atoms with Gasteiger partial charge in [-0.1, -0.05) is 29.8 Å². The van der Waals surface area contributed by atoms with Crippen LogP contribution in [0.3, 0.4) is 0 Å². The minimum Gasteiger partial charge on any atom is -0.370 e. The van der Waals surface area contributed by atoms with Crippen LogP contribution in [0.5, 0.6) is 0 Å². The quantitative estimate of drug-likeness (QED) is 0.892. The minimum absolute atomic E-state index is 0.0530. The molecule has 1 N–H and O–H groups in total. The van der Waals surface area contributed by atoms with Crippen LogP contribution in [-0.4, -0.2) is 31.6 Å². The monoisotopic (exact) mass is 358 g/mol. The number of amides is 2. The summed E-state index contributed by atoms with van der Waals surface area (Å²) in [7, 11) is 0. The Morgan fingerprint density at radius 3 is 2.64 bits per heavy atom. The number of anilines is 2. The molecule has 0 aromatic heterocycles. The number of nitrogens with one attached hydrogen (secondary N) is 1. The topological polar surface area (TPSA) is 58.6 Å². The van der Waals surface area contributed by atoms with Gasteiger partial charge in [-0.2, -0.15) is 0 Å². The first-order chi connectivity index (χ1) is 12.1. The van der Waals surface area contributed by atoms with E-state index in [0.29, 0.717) is 36.7 Å². The summed E-state index contributed by atoms with van der Waals surface area (Å²) in [6.45, 7) is 1.19. The molecule has 5 nitrogen and oxygen atoms in total. The lowest BCUT2D eigenvalue weighted by Gasteiger charge is -2.26. The lowest BCUT2D eigenvalue weighted by atomic mass is 10.1. The second-order valence-corrected chi connectivity index (χ2v) is 6.19.